The van der Waals surface area contributed by atoms with E-state index in [1.165, 1.54) is 0 Å². The molecule has 0 atom stereocenters. The summed E-state index contributed by atoms with van der Waals surface area (Å²) in [6.45, 7) is 1.40. The van der Waals surface area contributed by atoms with E-state index in [1.807, 2.05) is 25.1 Å². The first-order chi connectivity index (χ1) is 13.4. The summed E-state index contributed by atoms with van der Waals surface area (Å²) in [6.07, 6.45) is 0.583. The van der Waals surface area contributed by atoms with Crippen LogP contribution in [0.5, 0.6) is 0 Å². The van der Waals surface area contributed by atoms with E-state index in [4.69, 9.17) is 10.5 Å². The van der Waals surface area contributed by atoms with Crippen LogP contribution in [0.2, 0.25) is 0 Å². The highest BCUT2D eigenvalue weighted by atomic mass is 16.5. The molecule has 1 heterocycles. The molecule has 8 heteroatoms. The number of Topliss-reactive ketones (excluding diaryl/α,β-unsaturated/α-hetero) is 1. The molecule has 0 aliphatic heterocycles. The fourth-order valence-electron chi connectivity index (χ4n) is 2.99. The number of ether oxygens (including phenoxy) is 1. The Morgan fingerprint density at radius 3 is 2.57 bits per heavy atom. The third-order valence-electron chi connectivity index (χ3n) is 4.31. The standard InChI is InChI=1S/C20H19N3O5/c1-2-10-23-17(21)16(18(25)22-20(23)27)15(24)11-28-19(26)14-9-5-7-12-6-3-4-8-13(12)14/h3-9H,2,10-11,21H2,1H3,(H,22,25,27). The number of rotatable bonds is 6. The van der Waals surface area contributed by atoms with Crippen LogP contribution in [0.25, 0.3) is 10.8 Å². The summed E-state index contributed by atoms with van der Waals surface area (Å²) in [6, 6.07) is 12.4. The van der Waals surface area contributed by atoms with Crippen LogP contribution in [0.4, 0.5) is 5.82 Å². The van der Waals surface area contributed by atoms with Crippen LogP contribution in [0.1, 0.15) is 34.1 Å². The van der Waals surface area contributed by atoms with Gasteiger partial charge < -0.3 is 10.5 Å². The zero-order valence-electron chi connectivity index (χ0n) is 15.2. The van der Waals surface area contributed by atoms with Crippen molar-refractivity contribution in [2.24, 2.45) is 0 Å². The van der Waals surface area contributed by atoms with Crippen molar-refractivity contribution < 1.29 is 14.3 Å². The van der Waals surface area contributed by atoms with Crippen molar-refractivity contribution in [2.45, 2.75) is 19.9 Å². The van der Waals surface area contributed by atoms with Crippen molar-refractivity contribution in [2.75, 3.05) is 12.3 Å². The second-order valence-electron chi connectivity index (χ2n) is 6.20. The molecular weight excluding hydrogens is 362 g/mol. The van der Waals surface area contributed by atoms with Crippen molar-refractivity contribution in [3.63, 3.8) is 0 Å². The minimum Gasteiger partial charge on any atom is -0.454 e. The third kappa shape index (κ3) is 3.57. The molecule has 0 aliphatic rings. The molecular formula is C20H19N3O5. The largest absolute Gasteiger partial charge is 0.454 e. The predicted octanol–water partition coefficient (Wildman–Crippen LogP) is 1.72. The van der Waals surface area contributed by atoms with Gasteiger partial charge in [-0.3, -0.25) is 19.1 Å². The summed E-state index contributed by atoms with van der Waals surface area (Å²) in [7, 11) is 0. The summed E-state index contributed by atoms with van der Waals surface area (Å²) >= 11 is 0. The molecule has 8 nitrogen and oxygen atoms in total. The van der Waals surface area contributed by atoms with Crippen LogP contribution >= 0.6 is 0 Å². The quantitative estimate of drug-likeness (QED) is 0.495. The highest BCUT2D eigenvalue weighted by Gasteiger charge is 2.21. The Hall–Kier alpha value is -3.68. The lowest BCUT2D eigenvalue weighted by Crippen LogP contribution is -2.37. The molecule has 0 radical (unpaired) electrons. The number of hydrogen-bond acceptors (Lipinski definition) is 6. The second-order valence-corrected chi connectivity index (χ2v) is 6.20. The molecule has 0 amide bonds. The Morgan fingerprint density at radius 1 is 1.11 bits per heavy atom. The van der Waals surface area contributed by atoms with Gasteiger partial charge in [0.05, 0.1) is 5.56 Å². The number of nitrogen functional groups attached to an aromatic ring is 1. The summed E-state index contributed by atoms with van der Waals surface area (Å²) in [5, 5.41) is 1.55. The first kappa shape index (κ1) is 19.1. The lowest BCUT2D eigenvalue weighted by Gasteiger charge is -2.11. The number of carbonyl (C=O) groups is 2. The molecule has 144 valence electrons. The van der Waals surface area contributed by atoms with Crippen LogP contribution in [0.3, 0.4) is 0 Å². The average molecular weight is 381 g/mol. The third-order valence-corrected chi connectivity index (χ3v) is 4.31. The Kier molecular flexibility index (Phi) is 5.39. The number of H-pyrrole nitrogens is 1. The van der Waals surface area contributed by atoms with Gasteiger partial charge in [-0.15, -0.1) is 0 Å². The van der Waals surface area contributed by atoms with E-state index < -0.39 is 35.2 Å². The number of nitrogens with zero attached hydrogens (tertiary/aromatic N) is 1. The number of fused-ring (bicyclic) bond motifs is 1. The maximum atomic E-state index is 12.5. The SMILES string of the molecule is CCCn1c(N)c(C(=O)COC(=O)c2cccc3ccccc23)c(=O)[nH]c1=O. The summed E-state index contributed by atoms with van der Waals surface area (Å²) in [4.78, 5) is 50.8. The summed E-state index contributed by atoms with van der Waals surface area (Å²) < 4.78 is 6.22. The minimum atomic E-state index is -0.902. The van der Waals surface area contributed by atoms with Crippen LogP contribution in [-0.2, 0) is 11.3 Å². The van der Waals surface area contributed by atoms with Crippen molar-refractivity contribution in [1.82, 2.24) is 9.55 Å². The molecule has 0 fully saturated rings. The molecule has 3 aromatic rings. The highest BCUT2D eigenvalue weighted by molar-refractivity contribution is 6.06. The first-order valence-electron chi connectivity index (χ1n) is 8.74. The number of anilines is 1. The lowest BCUT2D eigenvalue weighted by molar-refractivity contribution is 0.0476. The van der Waals surface area contributed by atoms with E-state index in [0.717, 1.165) is 9.95 Å². The van der Waals surface area contributed by atoms with E-state index in [9.17, 15) is 19.2 Å². The van der Waals surface area contributed by atoms with Crippen LogP contribution in [0.15, 0.2) is 52.1 Å². The number of aromatic amines is 1. The zero-order chi connectivity index (χ0) is 20.3. The van der Waals surface area contributed by atoms with Gasteiger partial charge in [-0.1, -0.05) is 43.3 Å². The predicted molar refractivity (Wildman–Crippen MR) is 105 cm³/mol. The number of esters is 1. The van der Waals surface area contributed by atoms with E-state index in [2.05, 4.69) is 4.98 Å². The van der Waals surface area contributed by atoms with Gasteiger partial charge in [0.1, 0.15) is 11.4 Å². The van der Waals surface area contributed by atoms with Gasteiger partial charge in [0.25, 0.3) is 5.56 Å². The molecule has 0 saturated heterocycles. The second kappa shape index (κ2) is 7.91. The van der Waals surface area contributed by atoms with E-state index >= 15 is 0 Å². The minimum absolute atomic E-state index is 0.234. The molecule has 0 bridgehead atoms. The number of aromatic nitrogens is 2. The molecule has 0 spiro atoms. The maximum absolute atomic E-state index is 12.5. The smallest absolute Gasteiger partial charge is 0.339 e. The molecule has 2 aromatic carbocycles. The molecule has 3 N–H and O–H groups in total. The maximum Gasteiger partial charge on any atom is 0.339 e. The first-order valence-corrected chi connectivity index (χ1v) is 8.74. The lowest BCUT2D eigenvalue weighted by atomic mass is 10.0. The van der Waals surface area contributed by atoms with Gasteiger partial charge in [-0.25, -0.2) is 9.59 Å². The van der Waals surface area contributed by atoms with E-state index in [0.29, 0.717) is 17.4 Å². The van der Waals surface area contributed by atoms with Gasteiger partial charge in [0.15, 0.2) is 6.61 Å². The average Bonchev–Trinajstić information content (AvgIpc) is 2.68. The fraction of sp³-hybridized carbons (Fsp3) is 0.200. The van der Waals surface area contributed by atoms with Crippen molar-refractivity contribution in [1.29, 1.82) is 0 Å². The van der Waals surface area contributed by atoms with Crippen molar-refractivity contribution in [3.8, 4) is 0 Å². The van der Waals surface area contributed by atoms with Gasteiger partial charge in [0.2, 0.25) is 5.78 Å². The van der Waals surface area contributed by atoms with E-state index in [1.54, 1.807) is 24.3 Å². The number of carbonyl (C=O) groups excluding carboxylic acids is 2. The normalized spacial score (nSPS) is 10.8. The fourth-order valence-corrected chi connectivity index (χ4v) is 2.99. The zero-order valence-corrected chi connectivity index (χ0v) is 15.2. The van der Waals surface area contributed by atoms with Crippen LogP contribution < -0.4 is 17.0 Å². The number of hydrogen-bond donors (Lipinski definition) is 2. The number of ketones is 1. The van der Waals surface area contributed by atoms with Crippen molar-refractivity contribution >= 4 is 28.3 Å². The molecule has 28 heavy (non-hydrogen) atoms. The molecule has 1 aromatic heterocycles. The highest BCUT2D eigenvalue weighted by Crippen LogP contribution is 2.19. The number of nitrogens with one attached hydrogen (secondary N) is 1. The topological polar surface area (TPSA) is 124 Å². The summed E-state index contributed by atoms with van der Waals surface area (Å²) in [5.74, 6) is -1.71. The number of nitrogens with two attached hydrogens (primary N) is 1. The van der Waals surface area contributed by atoms with Crippen molar-refractivity contribution in [3.05, 3.63) is 74.4 Å². The summed E-state index contributed by atoms with van der Waals surface area (Å²) in [5.41, 5.74) is 4.18. The van der Waals surface area contributed by atoms with Gasteiger partial charge in [0, 0.05) is 6.54 Å². The Bertz CT molecular complexity index is 1170. The Labute approximate surface area is 159 Å². The van der Waals surface area contributed by atoms with Gasteiger partial charge >= 0.3 is 11.7 Å². The van der Waals surface area contributed by atoms with Gasteiger partial charge in [-0.2, -0.15) is 0 Å². The Balaban J connectivity index is 1.84. The van der Waals surface area contributed by atoms with Crippen LogP contribution in [-0.4, -0.2) is 27.9 Å². The molecule has 3 rings (SSSR count). The molecule has 0 aliphatic carbocycles. The van der Waals surface area contributed by atoms with E-state index in [-0.39, 0.29) is 12.4 Å². The Morgan fingerprint density at radius 2 is 1.82 bits per heavy atom. The molecule has 0 saturated carbocycles. The van der Waals surface area contributed by atoms with Gasteiger partial charge in [-0.05, 0) is 23.3 Å². The van der Waals surface area contributed by atoms with Crippen LogP contribution in [0, 0.1) is 0 Å². The monoisotopic (exact) mass is 381 g/mol. The molecule has 0 unspecified atom stereocenters. The number of benzene rings is 2.